The molecular formula is C24H21N3O3. The lowest BCUT2D eigenvalue weighted by Gasteiger charge is -2.15. The summed E-state index contributed by atoms with van der Waals surface area (Å²) in [7, 11) is 0. The Hall–Kier alpha value is -3.93. The fourth-order valence-electron chi connectivity index (χ4n) is 3.35. The number of anilines is 1. The lowest BCUT2D eigenvalue weighted by molar-refractivity contribution is -0.114. The van der Waals surface area contributed by atoms with Gasteiger partial charge in [-0.3, -0.25) is 9.59 Å². The molecule has 0 spiro atoms. The van der Waals surface area contributed by atoms with Crippen LogP contribution in [-0.4, -0.2) is 22.1 Å². The number of ether oxygens (including phenoxy) is 1. The Bertz CT molecular complexity index is 1250. The first-order valence-corrected chi connectivity index (χ1v) is 9.68. The predicted molar refractivity (Wildman–Crippen MR) is 118 cm³/mol. The zero-order valence-electron chi connectivity index (χ0n) is 16.5. The smallest absolute Gasteiger partial charge is 0.277 e. The van der Waals surface area contributed by atoms with Gasteiger partial charge in [0.15, 0.2) is 0 Å². The van der Waals surface area contributed by atoms with Crippen molar-refractivity contribution in [2.24, 2.45) is 0 Å². The third-order valence-corrected chi connectivity index (χ3v) is 4.67. The zero-order chi connectivity index (χ0) is 20.9. The van der Waals surface area contributed by atoms with Crippen LogP contribution in [0.2, 0.25) is 0 Å². The Balaban J connectivity index is 1.77. The van der Waals surface area contributed by atoms with Gasteiger partial charge in [0.25, 0.3) is 5.56 Å². The number of nitrogens with one attached hydrogen (secondary N) is 1. The van der Waals surface area contributed by atoms with Gasteiger partial charge in [-0.05, 0) is 30.3 Å². The third kappa shape index (κ3) is 4.07. The van der Waals surface area contributed by atoms with Crippen LogP contribution in [0.1, 0.15) is 6.92 Å². The van der Waals surface area contributed by atoms with Crippen LogP contribution in [0.3, 0.4) is 0 Å². The molecule has 0 saturated heterocycles. The second-order valence-electron chi connectivity index (χ2n) is 6.79. The lowest BCUT2D eigenvalue weighted by Crippen LogP contribution is -2.26. The molecule has 1 heterocycles. The van der Waals surface area contributed by atoms with E-state index in [9.17, 15) is 9.59 Å². The fraction of sp³-hybridized carbons (Fsp3) is 0.125. The number of para-hydroxylation sites is 4. The normalized spacial score (nSPS) is 10.7. The molecule has 4 aromatic rings. The largest absolute Gasteiger partial charge is 0.492 e. The molecule has 0 aliphatic heterocycles. The maximum absolute atomic E-state index is 13.4. The van der Waals surface area contributed by atoms with Gasteiger partial charge >= 0.3 is 0 Å². The summed E-state index contributed by atoms with van der Waals surface area (Å²) in [6, 6.07) is 24.2. The van der Waals surface area contributed by atoms with Crippen LogP contribution in [-0.2, 0) is 11.3 Å². The number of fused-ring (bicyclic) bond motifs is 1. The molecule has 0 aliphatic rings. The molecule has 1 aromatic heterocycles. The van der Waals surface area contributed by atoms with Crippen molar-refractivity contribution in [1.29, 1.82) is 0 Å². The Morgan fingerprint density at radius 1 is 0.967 bits per heavy atom. The first kappa shape index (κ1) is 19.4. The van der Waals surface area contributed by atoms with Gasteiger partial charge in [0, 0.05) is 12.5 Å². The van der Waals surface area contributed by atoms with Gasteiger partial charge < -0.3 is 14.6 Å². The first-order chi connectivity index (χ1) is 14.6. The van der Waals surface area contributed by atoms with Gasteiger partial charge in [-0.15, -0.1) is 0 Å². The lowest BCUT2D eigenvalue weighted by atomic mass is 10.1. The molecule has 0 saturated carbocycles. The monoisotopic (exact) mass is 399 g/mol. The van der Waals surface area contributed by atoms with E-state index in [0.29, 0.717) is 29.9 Å². The van der Waals surface area contributed by atoms with Crippen molar-refractivity contribution in [1.82, 2.24) is 9.55 Å². The van der Waals surface area contributed by atoms with E-state index < -0.39 is 0 Å². The van der Waals surface area contributed by atoms with Crippen molar-refractivity contribution in [3.8, 4) is 17.0 Å². The number of benzene rings is 3. The van der Waals surface area contributed by atoms with Crippen molar-refractivity contribution >= 4 is 22.6 Å². The number of hydrogen-bond donors (Lipinski definition) is 1. The Kier molecular flexibility index (Phi) is 5.57. The first-order valence-electron chi connectivity index (χ1n) is 9.68. The average Bonchev–Trinajstić information content (AvgIpc) is 2.76. The molecule has 1 amide bonds. The summed E-state index contributed by atoms with van der Waals surface area (Å²) in [5, 5.41) is 2.78. The van der Waals surface area contributed by atoms with E-state index in [1.54, 1.807) is 16.7 Å². The minimum atomic E-state index is -0.233. The highest BCUT2D eigenvalue weighted by atomic mass is 16.5. The van der Waals surface area contributed by atoms with Crippen molar-refractivity contribution in [3.05, 3.63) is 89.2 Å². The summed E-state index contributed by atoms with van der Waals surface area (Å²) < 4.78 is 7.47. The minimum Gasteiger partial charge on any atom is -0.492 e. The number of carbonyl (C=O) groups excluding carboxylic acids is 1. The van der Waals surface area contributed by atoms with Crippen LogP contribution in [0.5, 0.6) is 5.75 Å². The van der Waals surface area contributed by atoms with Crippen LogP contribution in [0.4, 0.5) is 5.69 Å². The van der Waals surface area contributed by atoms with Crippen LogP contribution in [0, 0.1) is 0 Å². The van der Waals surface area contributed by atoms with Crippen molar-refractivity contribution in [2.75, 3.05) is 11.9 Å². The summed E-state index contributed by atoms with van der Waals surface area (Å²) in [6.45, 7) is 2.14. The molecule has 0 fully saturated rings. The van der Waals surface area contributed by atoms with E-state index in [1.165, 1.54) is 6.92 Å². The van der Waals surface area contributed by atoms with Crippen molar-refractivity contribution in [2.45, 2.75) is 13.5 Å². The van der Waals surface area contributed by atoms with Gasteiger partial charge in [-0.1, -0.05) is 48.5 Å². The molecule has 6 heteroatoms. The van der Waals surface area contributed by atoms with Gasteiger partial charge in [-0.25, -0.2) is 4.98 Å². The standard InChI is InChI=1S/C24H21N3O3/c1-17(28)25-20-12-6-5-11-19(20)23-24(29)27(22-14-8-7-13-21(22)26-23)15-16-30-18-9-3-2-4-10-18/h2-14H,15-16H2,1H3,(H,25,28). The molecule has 0 unspecified atom stereocenters. The molecule has 30 heavy (non-hydrogen) atoms. The average molecular weight is 399 g/mol. The molecular weight excluding hydrogens is 378 g/mol. The topological polar surface area (TPSA) is 73.2 Å². The molecule has 6 nitrogen and oxygen atoms in total. The Morgan fingerprint density at radius 3 is 2.47 bits per heavy atom. The third-order valence-electron chi connectivity index (χ3n) is 4.67. The Morgan fingerprint density at radius 2 is 1.67 bits per heavy atom. The van der Waals surface area contributed by atoms with E-state index in [4.69, 9.17) is 4.74 Å². The second kappa shape index (κ2) is 8.61. The molecule has 0 radical (unpaired) electrons. The van der Waals surface area contributed by atoms with Gasteiger partial charge in [0.05, 0.1) is 23.3 Å². The predicted octanol–water partition coefficient (Wildman–Crippen LogP) is 4.10. The highest BCUT2D eigenvalue weighted by Crippen LogP contribution is 2.25. The molecule has 4 rings (SSSR count). The molecule has 3 aromatic carbocycles. The van der Waals surface area contributed by atoms with Gasteiger partial charge in [0.2, 0.25) is 5.91 Å². The summed E-state index contributed by atoms with van der Waals surface area (Å²) >= 11 is 0. The fourth-order valence-corrected chi connectivity index (χ4v) is 3.35. The van der Waals surface area contributed by atoms with E-state index >= 15 is 0 Å². The van der Waals surface area contributed by atoms with Gasteiger partial charge in [0.1, 0.15) is 18.1 Å². The van der Waals surface area contributed by atoms with E-state index in [2.05, 4.69) is 10.3 Å². The van der Waals surface area contributed by atoms with Crippen LogP contribution in [0.25, 0.3) is 22.3 Å². The van der Waals surface area contributed by atoms with Crippen LogP contribution in [0.15, 0.2) is 83.7 Å². The molecule has 0 aliphatic carbocycles. The quantitative estimate of drug-likeness (QED) is 0.530. The molecule has 1 N–H and O–H groups in total. The zero-order valence-corrected chi connectivity index (χ0v) is 16.5. The van der Waals surface area contributed by atoms with Crippen molar-refractivity contribution in [3.63, 3.8) is 0 Å². The number of nitrogens with zero attached hydrogens (tertiary/aromatic N) is 2. The van der Waals surface area contributed by atoms with Gasteiger partial charge in [-0.2, -0.15) is 0 Å². The highest BCUT2D eigenvalue weighted by Gasteiger charge is 2.16. The van der Waals surface area contributed by atoms with E-state index in [-0.39, 0.29) is 17.2 Å². The number of hydrogen-bond acceptors (Lipinski definition) is 4. The Labute approximate surface area is 173 Å². The van der Waals surface area contributed by atoms with E-state index in [1.807, 2.05) is 66.7 Å². The van der Waals surface area contributed by atoms with Crippen LogP contribution < -0.4 is 15.6 Å². The number of amides is 1. The number of carbonyl (C=O) groups is 1. The summed E-state index contributed by atoms with van der Waals surface area (Å²) in [4.78, 5) is 29.6. The van der Waals surface area contributed by atoms with Crippen LogP contribution >= 0.6 is 0 Å². The van der Waals surface area contributed by atoms with Crippen molar-refractivity contribution < 1.29 is 9.53 Å². The molecule has 0 bridgehead atoms. The summed E-state index contributed by atoms with van der Waals surface area (Å²) in [6.07, 6.45) is 0. The molecule has 0 atom stereocenters. The SMILES string of the molecule is CC(=O)Nc1ccccc1-c1nc2ccccc2n(CCOc2ccccc2)c1=O. The molecule has 150 valence electrons. The maximum Gasteiger partial charge on any atom is 0.277 e. The number of aromatic nitrogens is 2. The minimum absolute atomic E-state index is 0.208. The maximum atomic E-state index is 13.4. The summed E-state index contributed by atoms with van der Waals surface area (Å²) in [5.41, 5.74) is 2.63. The summed E-state index contributed by atoms with van der Waals surface area (Å²) in [5.74, 6) is 0.542. The highest BCUT2D eigenvalue weighted by molar-refractivity contribution is 5.94. The number of rotatable bonds is 6. The second-order valence-corrected chi connectivity index (χ2v) is 6.79. The van der Waals surface area contributed by atoms with E-state index in [0.717, 1.165) is 11.3 Å².